The van der Waals surface area contributed by atoms with Crippen LogP contribution in [0, 0.1) is 12.3 Å². The predicted octanol–water partition coefficient (Wildman–Crippen LogP) is 3.46. The number of hydrogen-bond acceptors (Lipinski definition) is 4. The molecule has 0 spiro atoms. The van der Waals surface area contributed by atoms with Crippen LogP contribution in [0.5, 0.6) is 0 Å². The number of carbonyl (C=O) groups is 2. The van der Waals surface area contributed by atoms with Gasteiger partial charge in [0.05, 0.1) is 0 Å². The van der Waals surface area contributed by atoms with Crippen molar-refractivity contribution >= 4 is 17.5 Å². The Morgan fingerprint density at radius 2 is 1.80 bits per heavy atom. The normalized spacial score (nSPS) is 17.2. The summed E-state index contributed by atoms with van der Waals surface area (Å²) in [5.41, 5.74) is 0.884. The van der Waals surface area contributed by atoms with Crippen LogP contribution in [0.3, 0.4) is 0 Å². The first-order valence-corrected chi connectivity index (χ1v) is 12.2. The van der Waals surface area contributed by atoms with E-state index in [0.29, 0.717) is 30.6 Å². The number of piperazine rings is 1. The van der Waals surface area contributed by atoms with Crippen molar-refractivity contribution in [1.82, 2.24) is 10.2 Å². The molecule has 1 fully saturated rings. The zero-order chi connectivity index (χ0) is 25.3. The van der Waals surface area contributed by atoms with Gasteiger partial charge in [0.1, 0.15) is 0 Å². The van der Waals surface area contributed by atoms with Gasteiger partial charge in [-0.1, -0.05) is 61.4 Å². The van der Waals surface area contributed by atoms with Gasteiger partial charge in [-0.15, -0.1) is 6.42 Å². The van der Waals surface area contributed by atoms with Gasteiger partial charge in [-0.3, -0.25) is 9.59 Å². The van der Waals surface area contributed by atoms with E-state index in [2.05, 4.69) is 29.6 Å². The fourth-order valence-electron chi connectivity index (χ4n) is 4.49. The Hall–Kier alpha value is -3.56. The molecule has 2 aromatic rings. The van der Waals surface area contributed by atoms with Gasteiger partial charge in [-0.2, -0.15) is 0 Å². The van der Waals surface area contributed by atoms with Gasteiger partial charge in [-0.05, 0) is 38.0 Å². The Balaban J connectivity index is 1.51. The van der Waals surface area contributed by atoms with Crippen LogP contribution in [-0.2, 0) is 15.2 Å². The minimum atomic E-state index is -1.48. The van der Waals surface area contributed by atoms with Crippen LogP contribution in [0.25, 0.3) is 0 Å². The molecule has 0 saturated carbocycles. The average molecular weight is 474 g/mol. The van der Waals surface area contributed by atoms with Crippen molar-refractivity contribution in [2.24, 2.45) is 0 Å². The number of carbonyl (C=O) groups excluding carboxylic acids is 2. The second-order valence-electron chi connectivity index (χ2n) is 8.96. The van der Waals surface area contributed by atoms with Crippen molar-refractivity contribution in [3.05, 3.63) is 78.4 Å². The molecule has 2 unspecified atom stereocenters. The Morgan fingerprint density at radius 3 is 2.43 bits per heavy atom. The second-order valence-corrected chi connectivity index (χ2v) is 8.96. The Kier molecular flexibility index (Phi) is 9.11. The zero-order valence-corrected chi connectivity index (χ0v) is 20.5. The van der Waals surface area contributed by atoms with E-state index in [1.54, 1.807) is 0 Å². The Morgan fingerprint density at radius 1 is 1.11 bits per heavy atom. The van der Waals surface area contributed by atoms with Crippen molar-refractivity contribution in [2.75, 3.05) is 31.1 Å². The van der Waals surface area contributed by atoms with Gasteiger partial charge in [0.2, 0.25) is 11.8 Å². The van der Waals surface area contributed by atoms with Crippen molar-refractivity contribution in [3.63, 3.8) is 0 Å². The van der Waals surface area contributed by atoms with E-state index >= 15 is 0 Å². The molecule has 0 bridgehead atoms. The smallest absolute Gasteiger partial charge is 0.243 e. The summed E-state index contributed by atoms with van der Waals surface area (Å²) in [6.45, 7) is 8.29. The van der Waals surface area contributed by atoms with Crippen LogP contribution in [0.2, 0.25) is 0 Å². The fraction of sp³-hybridized carbons (Fsp3) is 0.379. The van der Waals surface area contributed by atoms with Gasteiger partial charge in [-0.25, -0.2) is 0 Å². The van der Waals surface area contributed by atoms with E-state index in [9.17, 15) is 14.7 Å². The molecule has 2 N–H and O–H groups in total. The standard InChI is InChI=1S/C29H35N3O3/c1-4-27(33)30-19-11-7-10-14-28(34)32-21-20-31(22-23(32)3)26-17-15-25(16-18-26)29(35,5-2)24-12-8-6-9-13-24/h2,4,6,8-9,12-13,15-18,23,35H,1,7,10-11,14,19-22H2,3H3,(H,30,33). The first kappa shape index (κ1) is 26.1. The molecule has 1 aliphatic heterocycles. The lowest BCUT2D eigenvalue weighted by Gasteiger charge is -2.41. The first-order chi connectivity index (χ1) is 16.9. The minimum Gasteiger partial charge on any atom is -0.369 e. The molecule has 1 heterocycles. The number of nitrogens with zero attached hydrogens (tertiary/aromatic N) is 2. The maximum Gasteiger partial charge on any atom is 0.243 e. The van der Waals surface area contributed by atoms with Crippen molar-refractivity contribution in [3.8, 4) is 12.3 Å². The number of aliphatic hydroxyl groups is 1. The summed E-state index contributed by atoms with van der Waals surface area (Å²) in [6, 6.07) is 17.1. The van der Waals surface area contributed by atoms with Crippen molar-refractivity contribution in [1.29, 1.82) is 0 Å². The molecule has 35 heavy (non-hydrogen) atoms. The van der Waals surface area contributed by atoms with Crippen LogP contribution in [0.4, 0.5) is 5.69 Å². The van der Waals surface area contributed by atoms with Crippen LogP contribution in [0.1, 0.15) is 43.7 Å². The number of benzene rings is 2. The molecule has 1 saturated heterocycles. The van der Waals surface area contributed by atoms with Crippen LogP contribution >= 0.6 is 0 Å². The summed E-state index contributed by atoms with van der Waals surface area (Å²) in [5, 5.41) is 13.9. The van der Waals surface area contributed by atoms with Gasteiger partial charge in [0.25, 0.3) is 0 Å². The van der Waals surface area contributed by atoms with Gasteiger partial charge >= 0.3 is 0 Å². The van der Waals surface area contributed by atoms with Crippen LogP contribution in [-0.4, -0.2) is 54.0 Å². The number of terminal acetylenes is 1. The van der Waals surface area contributed by atoms with Crippen LogP contribution in [0.15, 0.2) is 67.3 Å². The maximum absolute atomic E-state index is 12.7. The zero-order valence-electron chi connectivity index (χ0n) is 20.5. The van der Waals surface area contributed by atoms with E-state index in [4.69, 9.17) is 6.42 Å². The summed E-state index contributed by atoms with van der Waals surface area (Å²) >= 11 is 0. The SMILES string of the molecule is C#CC(O)(c1ccccc1)c1ccc(N2CCN(C(=O)CCCCCNC(=O)C=C)C(C)C2)cc1. The quantitative estimate of drug-likeness (QED) is 0.315. The molecule has 0 radical (unpaired) electrons. The summed E-state index contributed by atoms with van der Waals surface area (Å²) in [7, 11) is 0. The lowest BCUT2D eigenvalue weighted by atomic mass is 9.87. The third-order valence-corrected chi connectivity index (χ3v) is 6.55. The molecular weight excluding hydrogens is 438 g/mol. The van der Waals surface area contributed by atoms with E-state index in [0.717, 1.165) is 38.0 Å². The molecule has 3 rings (SSSR count). The minimum absolute atomic E-state index is 0.106. The molecule has 0 aliphatic carbocycles. The molecule has 2 amide bonds. The number of unbranched alkanes of at least 4 members (excludes halogenated alkanes) is 2. The number of amides is 2. The summed E-state index contributed by atoms with van der Waals surface area (Å²) < 4.78 is 0. The first-order valence-electron chi connectivity index (χ1n) is 12.2. The third-order valence-electron chi connectivity index (χ3n) is 6.55. The Bertz CT molecular complexity index is 1050. The summed E-state index contributed by atoms with van der Waals surface area (Å²) in [5.74, 6) is 2.57. The maximum atomic E-state index is 12.7. The number of hydrogen-bond donors (Lipinski definition) is 2. The molecule has 0 aromatic heterocycles. The monoisotopic (exact) mass is 473 g/mol. The molecule has 6 heteroatoms. The highest BCUT2D eigenvalue weighted by atomic mass is 16.3. The van der Waals surface area contributed by atoms with Gasteiger partial charge in [0, 0.05) is 55.5 Å². The van der Waals surface area contributed by atoms with E-state index < -0.39 is 5.60 Å². The van der Waals surface area contributed by atoms with Crippen LogP contribution < -0.4 is 10.2 Å². The number of rotatable bonds is 10. The topological polar surface area (TPSA) is 72.9 Å². The molecule has 2 aromatic carbocycles. The van der Waals surface area contributed by atoms with Crippen molar-refractivity contribution in [2.45, 2.75) is 44.2 Å². The lowest BCUT2D eigenvalue weighted by molar-refractivity contribution is -0.133. The summed E-state index contributed by atoms with van der Waals surface area (Å²) in [4.78, 5) is 28.1. The van der Waals surface area contributed by atoms with Gasteiger partial charge in [0.15, 0.2) is 5.60 Å². The Labute approximate surface area is 208 Å². The number of anilines is 1. The van der Waals surface area contributed by atoms with E-state index in [1.165, 1.54) is 6.08 Å². The molecular formula is C29H35N3O3. The van der Waals surface area contributed by atoms with E-state index in [1.807, 2.05) is 59.5 Å². The van der Waals surface area contributed by atoms with E-state index in [-0.39, 0.29) is 17.9 Å². The molecule has 6 nitrogen and oxygen atoms in total. The molecule has 1 aliphatic rings. The summed E-state index contributed by atoms with van der Waals surface area (Å²) in [6.07, 6.45) is 10.1. The average Bonchev–Trinajstić information content (AvgIpc) is 2.90. The largest absolute Gasteiger partial charge is 0.369 e. The predicted molar refractivity (Wildman–Crippen MR) is 140 cm³/mol. The highest BCUT2D eigenvalue weighted by molar-refractivity contribution is 5.86. The fourth-order valence-corrected chi connectivity index (χ4v) is 4.49. The second kappa shape index (κ2) is 12.2. The third kappa shape index (κ3) is 6.52. The van der Waals surface area contributed by atoms with Gasteiger partial charge < -0.3 is 20.2 Å². The highest BCUT2D eigenvalue weighted by Crippen LogP contribution is 2.31. The number of nitrogens with one attached hydrogen (secondary N) is 1. The highest BCUT2D eigenvalue weighted by Gasteiger charge is 2.30. The molecule has 184 valence electrons. The lowest BCUT2D eigenvalue weighted by Crippen LogP contribution is -2.54. The molecule has 2 atom stereocenters. The van der Waals surface area contributed by atoms with Crippen molar-refractivity contribution < 1.29 is 14.7 Å².